The number of benzene rings is 1. The lowest BCUT2D eigenvalue weighted by Crippen LogP contribution is -2.39. The van der Waals surface area contributed by atoms with Crippen molar-refractivity contribution in [2.45, 2.75) is 71.5 Å². The second-order valence-corrected chi connectivity index (χ2v) is 7.64. The smallest absolute Gasteiger partial charge is 0.335 e. The Bertz CT molecular complexity index is 697. The Morgan fingerprint density at radius 3 is 2.48 bits per heavy atom. The number of aromatic hydroxyl groups is 1. The summed E-state index contributed by atoms with van der Waals surface area (Å²) in [6.45, 7) is 7.58. The van der Waals surface area contributed by atoms with Gasteiger partial charge in [-0.05, 0) is 83.6 Å². The molecule has 0 aliphatic rings. The van der Waals surface area contributed by atoms with E-state index in [1.54, 1.807) is 6.92 Å². The van der Waals surface area contributed by atoms with Crippen molar-refractivity contribution in [1.82, 2.24) is 0 Å². The van der Waals surface area contributed by atoms with Crippen molar-refractivity contribution < 1.29 is 25.2 Å². The van der Waals surface area contributed by atoms with Crippen LogP contribution in [0.4, 0.5) is 0 Å². The van der Waals surface area contributed by atoms with E-state index in [0.717, 1.165) is 12.0 Å². The normalized spacial score (nSPS) is 15.1. The van der Waals surface area contributed by atoms with E-state index >= 15 is 0 Å². The number of rotatable bonds is 10. The summed E-state index contributed by atoms with van der Waals surface area (Å²) in [4.78, 5) is 11.0. The standard InChI is InChI=1S/C22H32O5/c1-15(2)6-5-13-22(4,27)20(24)12-8-16(3)7-9-17-14-18(21(25)26)10-11-19(17)23/h6-7,10-11,14,20,23-24,27H,5,8-9,12-13H2,1-4H3,(H,25,26)/b16-7+. The molecule has 0 aliphatic heterocycles. The van der Waals surface area contributed by atoms with E-state index in [1.807, 2.05) is 32.9 Å². The van der Waals surface area contributed by atoms with Crippen molar-refractivity contribution in [3.8, 4) is 5.75 Å². The molecule has 27 heavy (non-hydrogen) atoms. The number of hydrogen-bond acceptors (Lipinski definition) is 4. The highest BCUT2D eigenvalue weighted by atomic mass is 16.4. The summed E-state index contributed by atoms with van der Waals surface area (Å²) in [5.74, 6) is -0.971. The van der Waals surface area contributed by atoms with Gasteiger partial charge in [0, 0.05) is 0 Å². The molecule has 0 saturated carbocycles. The first kappa shape index (κ1) is 22.9. The molecule has 0 aliphatic carbocycles. The molecule has 0 radical (unpaired) electrons. The Labute approximate surface area is 161 Å². The van der Waals surface area contributed by atoms with E-state index in [-0.39, 0.29) is 11.3 Å². The summed E-state index contributed by atoms with van der Waals surface area (Å²) in [5.41, 5.74) is 1.74. The molecule has 1 rings (SSSR count). The van der Waals surface area contributed by atoms with Crippen LogP contribution in [-0.2, 0) is 6.42 Å². The van der Waals surface area contributed by atoms with Crippen LogP contribution in [0.5, 0.6) is 5.75 Å². The van der Waals surface area contributed by atoms with E-state index in [9.17, 15) is 20.1 Å². The summed E-state index contributed by atoms with van der Waals surface area (Å²) in [5, 5.41) is 39.7. The number of aliphatic hydroxyl groups excluding tert-OH is 1. The molecule has 0 aromatic heterocycles. The van der Waals surface area contributed by atoms with Gasteiger partial charge in [-0.2, -0.15) is 0 Å². The van der Waals surface area contributed by atoms with Gasteiger partial charge < -0.3 is 20.4 Å². The fourth-order valence-corrected chi connectivity index (χ4v) is 2.76. The fraction of sp³-hybridized carbons (Fsp3) is 0.500. The third-order valence-corrected chi connectivity index (χ3v) is 4.73. The number of carboxylic acids is 1. The zero-order valence-electron chi connectivity index (χ0n) is 16.7. The SMILES string of the molecule is CC(C)=CCCC(C)(O)C(O)CC/C(C)=C/Cc1cc(C(=O)O)ccc1O. The van der Waals surface area contributed by atoms with Gasteiger partial charge in [0.25, 0.3) is 0 Å². The highest BCUT2D eigenvalue weighted by Crippen LogP contribution is 2.24. The minimum atomic E-state index is -1.14. The van der Waals surface area contributed by atoms with Gasteiger partial charge in [-0.25, -0.2) is 4.79 Å². The number of allylic oxidation sites excluding steroid dienone is 4. The molecule has 150 valence electrons. The van der Waals surface area contributed by atoms with E-state index in [2.05, 4.69) is 0 Å². The molecule has 0 bridgehead atoms. The van der Waals surface area contributed by atoms with Gasteiger partial charge in [0.2, 0.25) is 0 Å². The van der Waals surface area contributed by atoms with E-state index in [1.165, 1.54) is 23.8 Å². The molecule has 5 heteroatoms. The second-order valence-electron chi connectivity index (χ2n) is 7.64. The van der Waals surface area contributed by atoms with Gasteiger partial charge in [-0.3, -0.25) is 0 Å². The summed E-state index contributed by atoms with van der Waals surface area (Å²) < 4.78 is 0. The van der Waals surface area contributed by atoms with Gasteiger partial charge in [0.15, 0.2) is 0 Å². The van der Waals surface area contributed by atoms with E-state index in [4.69, 9.17) is 5.11 Å². The Morgan fingerprint density at radius 1 is 1.22 bits per heavy atom. The molecular formula is C22H32O5. The predicted octanol–water partition coefficient (Wildman–Crippen LogP) is 4.22. The highest BCUT2D eigenvalue weighted by Gasteiger charge is 2.29. The number of phenols is 1. The van der Waals surface area contributed by atoms with Crippen molar-refractivity contribution in [3.63, 3.8) is 0 Å². The fourth-order valence-electron chi connectivity index (χ4n) is 2.76. The van der Waals surface area contributed by atoms with Crippen molar-refractivity contribution in [3.05, 3.63) is 52.6 Å². The first-order valence-electron chi connectivity index (χ1n) is 9.27. The number of aliphatic hydroxyl groups is 2. The van der Waals surface area contributed by atoms with Crippen LogP contribution in [0.2, 0.25) is 0 Å². The predicted molar refractivity (Wildman–Crippen MR) is 107 cm³/mol. The lowest BCUT2D eigenvalue weighted by Gasteiger charge is -2.29. The van der Waals surface area contributed by atoms with Crippen LogP contribution in [0.15, 0.2) is 41.5 Å². The number of aromatic carboxylic acids is 1. The number of carbonyl (C=O) groups is 1. The molecule has 1 aromatic rings. The van der Waals surface area contributed by atoms with Gasteiger partial charge in [0.05, 0.1) is 17.3 Å². The van der Waals surface area contributed by atoms with Gasteiger partial charge in [-0.15, -0.1) is 0 Å². The van der Waals surface area contributed by atoms with Crippen LogP contribution in [-0.4, -0.2) is 38.1 Å². The number of hydrogen-bond donors (Lipinski definition) is 4. The third-order valence-electron chi connectivity index (χ3n) is 4.73. The maximum Gasteiger partial charge on any atom is 0.335 e. The van der Waals surface area contributed by atoms with Crippen LogP contribution in [0.25, 0.3) is 0 Å². The largest absolute Gasteiger partial charge is 0.508 e. The lowest BCUT2D eigenvalue weighted by atomic mass is 9.89. The Balaban J connectivity index is 2.61. The van der Waals surface area contributed by atoms with Crippen LogP contribution >= 0.6 is 0 Å². The zero-order chi connectivity index (χ0) is 20.6. The first-order chi connectivity index (χ1) is 12.5. The third kappa shape index (κ3) is 7.97. The molecular weight excluding hydrogens is 344 g/mol. The Hall–Kier alpha value is -2.11. The van der Waals surface area contributed by atoms with Crippen molar-refractivity contribution >= 4 is 5.97 Å². The average Bonchev–Trinajstić information content (AvgIpc) is 2.58. The zero-order valence-corrected chi connectivity index (χ0v) is 16.7. The average molecular weight is 376 g/mol. The Morgan fingerprint density at radius 2 is 1.89 bits per heavy atom. The second kappa shape index (κ2) is 10.3. The molecule has 0 amide bonds. The molecule has 0 fully saturated rings. The van der Waals surface area contributed by atoms with Crippen LogP contribution in [0.1, 0.15) is 69.3 Å². The minimum Gasteiger partial charge on any atom is -0.508 e. The van der Waals surface area contributed by atoms with Crippen LogP contribution in [0.3, 0.4) is 0 Å². The first-order valence-corrected chi connectivity index (χ1v) is 9.27. The summed E-state index contributed by atoms with van der Waals surface area (Å²) in [6, 6.07) is 4.21. The van der Waals surface area contributed by atoms with Crippen LogP contribution < -0.4 is 0 Å². The summed E-state index contributed by atoms with van der Waals surface area (Å²) in [6.07, 6.45) is 5.81. The van der Waals surface area contributed by atoms with Crippen LogP contribution in [0, 0.1) is 0 Å². The molecule has 2 atom stereocenters. The summed E-state index contributed by atoms with van der Waals surface area (Å²) in [7, 11) is 0. The monoisotopic (exact) mass is 376 g/mol. The number of phenolic OH excluding ortho intramolecular Hbond substituents is 1. The van der Waals surface area contributed by atoms with Crippen molar-refractivity contribution in [2.75, 3.05) is 0 Å². The molecule has 0 heterocycles. The van der Waals surface area contributed by atoms with Gasteiger partial charge in [-0.1, -0.05) is 23.3 Å². The molecule has 0 spiro atoms. The van der Waals surface area contributed by atoms with E-state index in [0.29, 0.717) is 31.2 Å². The van der Waals surface area contributed by atoms with E-state index < -0.39 is 17.7 Å². The van der Waals surface area contributed by atoms with Gasteiger partial charge in [0.1, 0.15) is 5.75 Å². The quantitative estimate of drug-likeness (QED) is 0.458. The maximum atomic E-state index is 11.0. The topological polar surface area (TPSA) is 98.0 Å². The maximum absolute atomic E-state index is 11.0. The lowest BCUT2D eigenvalue weighted by molar-refractivity contribution is -0.0691. The number of carboxylic acid groups (broad SMARTS) is 1. The van der Waals surface area contributed by atoms with Gasteiger partial charge >= 0.3 is 5.97 Å². The molecule has 4 N–H and O–H groups in total. The molecule has 5 nitrogen and oxygen atoms in total. The minimum absolute atomic E-state index is 0.0614. The summed E-state index contributed by atoms with van der Waals surface area (Å²) >= 11 is 0. The molecule has 0 saturated heterocycles. The molecule has 2 unspecified atom stereocenters. The Kier molecular flexibility index (Phi) is 8.73. The van der Waals surface area contributed by atoms with Crippen molar-refractivity contribution in [2.24, 2.45) is 0 Å². The van der Waals surface area contributed by atoms with Crippen molar-refractivity contribution in [1.29, 1.82) is 0 Å². The highest BCUT2D eigenvalue weighted by molar-refractivity contribution is 5.88. The molecule has 1 aromatic carbocycles.